The van der Waals surface area contributed by atoms with Crippen LogP contribution in [0.25, 0.3) is 6.08 Å². The highest BCUT2D eigenvalue weighted by atomic mass is 16.5. The summed E-state index contributed by atoms with van der Waals surface area (Å²) in [6, 6.07) is 6.82. The molecule has 0 radical (unpaired) electrons. The Hall–Kier alpha value is -2.30. The van der Waals surface area contributed by atoms with Crippen LogP contribution in [0.5, 0.6) is 5.75 Å². The molecule has 2 N–H and O–H groups in total. The first-order chi connectivity index (χ1) is 8.04. The van der Waals surface area contributed by atoms with E-state index in [0.29, 0.717) is 11.3 Å². The lowest BCUT2D eigenvalue weighted by molar-refractivity contribution is -0.151. The summed E-state index contributed by atoms with van der Waals surface area (Å²) in [5, 5.41) is 17.3. The van der Waals surface area contributed by atoms with E-state index in [0.717, 1.165) is 6.08 Å². The molecule has 5 nitrogen and oxygen atoms in total. The SMILES string of the molecule is COc1ccc(/C=C\C(C(=O)O)C(=O)O)cc1. The molecule has 0 unspecified atom stereocenters. The van der Waals surface area contributed by atoms with Crippen LogP contribution < -0.4 is 4.74 Å². The molecule has 0 aromatic heterocycles. The molecule has 0 aliphatic rings. The molecule has 0 saturated heterocycles. The van der Waals surface area contributed by atoms with Crippen LogP contribution in [0.2, 0.25) is 0 Å². The third-order valence-electron chi connectivity index (χ3n) is 2.13. The van der Waals surface area contributed by atoms with E-state index < -0.39 is 17.9 Å². The highest BCUT2D eigenvalue weighted by Crippen LogP contribution is 2.13. The van der Waals surface area contributed by atoms with Gasteiger partial charge in [-0.2, -0.15) is 0 Å². The van der Waals surface area contributed by atoms with Gasteiger partial charge in [-0.05, 0) is 17.7 Å². The fourth-order valence-electron chi connectivity index (χ4n) is 1.19. The van der Waals surface area contributed by atoms with Gasteiger partial charge in [0.2, 0.25) is 0 Å². The molecule has 17 heavy (non-hydrogen) atoms. The number of carboxylic acids is 2. The monoisotopic (exact) mass is 236 g/mol. The van der Waals surface area contributed by atoms with Crippen molar-refractivity contribution in [1.29, 1.82) is 0 Å². The van der Waals surface area contributed by atoms with E-state index in [2.05, 4.69) is 0 Å². The number of hydrogen-bond acceptors (Lipinski definition) is 3. The van der Waals surface area contributed by atoms with E-state index >= 15 is 0 Å². The topological polar surface area (TPSA) is 83.8 Å². The lowest BCUT2D eigenvalue weighted by atomic mass is 10.1. The summed E-state index contributed by atoms with van der Waals surface area (Å²) < 4.78 is 4.96. The molecule has 0 atom stereocenters. The van der Waals surface area contributed by atoms with Crippen LogP contribution in [-0.4, -0.2) is 29.3 Å². The maximum Gasteiger partial charge on any atom is 0.321 e. The highest BCUT2D eigenvalue weighted by Gasteiger charge is 2.21. The van der Waals surface area contributed by atoms with Crippen LogP contribution in [0, 0.1) is 5.92 Å². The van der Waals surface area contributed by atoms with Crippen molar-refractivity contribution in [2.45, 2.75) is 0 Å². The van der Waals surface area contributed by atoms with Crippen molar-refractivity contribution < 1.29 is 24.5 Å². The summed E-state index contributed by atoms with van der Waals surface area (Å²) in [4.78, 5) is 21.2. The first-order valence-electron chi connectivity index (χ1n) is 4.82. The Bertz CT molecular complexity index is 419. The smallest absolute Gasteiger partial charge is 0.321 e. The van der Waals surface area contributed by atoms with E-state index in [4.69, 9.17) is 14.9 Å². The van der Waals surface area contributed by atoms with Gasteiger partial charge in [-0.25, -0.2) is 0 Å². The summed E-state index contributed by atoms with van der Waals surface area (Å²) in [6.45, 7) is 0. The Morgan fingerprint density at radius 3 is 2.12 bits per heavy atom. The fourth-order valence-corrected chi connectivity index (χ4v) is 1.19. The molecule has 1 aromatic carbocycles. The van der Waals surface area contributed by atoms with Gasteiger partial charge in [0.1, 0.15) is 5.75 Å². The van der Waals surface area contributed by atoms with Crippen LogP contribution in [0.1, 0.15) is 5.56 Å². The molecule has 1 aromatic rings. The van der Waals surface area contributed by atoms with Crippen molar-refractivity contribution >= 4 is 18.0 Å². The first kappa shape index (κ1) is 12.8. The predicted octanol–water partition coefficient (Wildman–Crippen LogP) is 1.49. The lowest BCUT2D eigenvalue weighted by Crippen LogP contribution is -2.20. The number of hydrogen-bond donors (Lipinski definition) is 2. The highest BCUT2D eigenvalue weighted by molar-refractivity contribution is 5.95. The van der Waals surface area contributed by atoms with E-state index in [9.17, 15) is 9.59 Å². The number of benzene rings is 1. The van der Waals surface area contributed by atoms with Crippen LogP contribution in [0.15, 0.2) is 30.3 Å². The molecular formula is C12H12O5. The molecule has 0 aliphatic carbocycles. The van der Waals surface area contributed by atoms with Crippen molar-refractivity contribution in [3.05, 3.63) is 35.9 Å². The van der Waals surface area contributed by atoms with E-state index in [1.54, 1.807) is 24.3 Å². The third-order valence-corrected chi connectivity index (χ3v) is 2.13. The van der Waals surface area contributed by atoms with Gasteiger partial charge >= 0.3 is 11.9 Å². The van der Waals surface area contributed by atoms with Gasteiger partial charge in [-0.1, -0.05) is 24.3 Å². The predicted molar refractivity (Wildman–Crippen MR) is 60.8 cm³/mol. The molecule has 0 spiro atoms. The zero-order valence-corrected chi connectivity index (χ0v) is 9.16. The second-order valence-electron chi connectivity index (χ2n) is 3.29. The Balaban J connectivity index is 2.81. The van der Waals surface area contributed by atoms with Gasteiger partial charge in [0.25, 0.3) is 0 Å². The molecular weight excluding hydrogens is 224 g/mol. The number of carboxylic acid groups (broad SMARTS) is 2. The average molecular weight is 236 g/mol. The van der Waals surface area contributed by atoms with Crippen molar-refractivity contribution in [3.8, 4) is 5.75 Å². The van der Waals surface area contributed by atoms with Crippen molar-refractivity contribution in [1.82, 2.24) is 0 Å². The van der Waals surface area contributed by atoms with Gasteiger partial charge in [-0.15, -0.1) is 0 Å². The summed E-state index contributed by atoms with van der Waals surface area (Å²) in [6.07, 6.45) is 2.58. The zero-order chi connectivity index (χ0) is 12.8. The van der Waals surface area contributed by atoms with Gasteiger partial charge in [0.05, 0.1) is 7.11 Å². The maximum absolute atomic E-state index is 10.6. The molecule has 0 saturated carbocycles. The number of ether oxygens (including phenoxy) is 1. The summed E-state index contributed by atoms with van der Waals surface area (Å²) in [7, 11) is 1.54. The zero-order valence-electron chi connectivity index (χ0n) is 9.16. The maximum atomic E-state index is 10.6. The first-order valence-corrected chi connectivity index (χ1v) is 4.82. The Morgan fingerprint density at radius 1 is 1.18 bits per heavy atom. The minimum Gasteiger partial charge on any atom is -0.497 e. The molecule has 0 aliphatic heterocycles. The van der Waals surface area contributed by atoms with Crippen molar-refractivity contribution in [2.24, 2.45) is 5.92 Å². The van der Waals surface area contributed by atoms with Gasteiger partial charge in [-0.3, -0.25) is 9.59 Å². The summed E-state index contributed by atoms with van der Waals surface area (Å²) >= 11 is 0. The minimum absolute atomic E-state index is 0.676. The molecule has 0 heterocycles. The van der Waals surface area contributed by atoms with Crippen LogP contribution in [-0.2, 0) is 9.59 Å². The molecule has 0 amide bonds. The molecule has 0 fully saturated rings. The Labute approximate surface area is 98.0 Å². The lowest BCUT2D eigenvalue weighted by Gasteiger charge is -2.01. The second kappa shape index (κ2) is 5.69. The third kappa shape index (κ3) is 3.64. The molecule has 90 valence electrons. The molecule has 0 bridgehead atoms. The normalized spacial score (nSPS) is 10.7. The van der Waals surface area contributed by atoms with E-state index in [1.807, 2.05) is 0 Å². The number of aliphatic carboxylic acids is 2. The van der Waals surface area contributed by atoms with Gasteiger partial charge < -0.3 is 14.9 Å². The molecule has 5 heteroatoms. The Kier molecular flexibility index (Phi) is 4.28. The minimum atomic E-state index is -1.53. The van der Waals surface area contributed by atoms with Gasteiger partial charge in [0.15, 0.2) is 5.92 Å². The summed E-state index contributed by atoms with van der Waals surface area (Å²) in [5.74, 6) is -3.63. The van der Waals surface area contributed by atoms with Crippen LogP contribution in [0.3, 0.4) is 0 Å². The van der Waals surface area contributed by atoms with Crippen molar-refractivity contribution in [3.63, 3.8) is 0 Å². The average Bonchev–Trinajstić information content (AvgIpc) is 2.29. The van der Waals surface area contributed by atoms with Gasteiger partial charge in [0, 0.05) is 0 Å². The quantitative estimate of drug-likeness (QED) is 0.757. The van der Waals surface area contributed by atoms with E-state index in [1.165, 1.54) is 13.2 Å². The van der Waals surface area contributed by atoms with Crippen LogP contribution >= 0.6 is 0 Å². The standard InChI is InChI=1S/C12H12O5/c1-17-9-5-2-8(3-6-9)4-7-10(11(13)14)12(15)16/h2-7,10H,1H3,(H,13,14)(H,15,16)/b7-4-. The largest absolute Gasteiger partial charge is 0.497 e. The second-order valence-corrected chi connectivity index (χ2v) is 3.29. The summed E-state index contributed by atoms with van der Waals surface area (Å²) in [5.41, 5.74) is 0.707. The van der Waals surface area contributed by atoms with E-state index in [-0.39, 0.29) is 0 Å². The van der Waals surface area contributed by atoms with Crippen molar-refractivity contribution in [2.75, 3.05) is 7.11 Å². The Morgan fingerprint density at radius 2 is 1.71 bits per heavy atom. The number of rotatable bonds is 5. The van der Waals surface area contributed by atoms with Crippen LogP contribution in [0.4, 0.5) is 0 Å². The number of methoxy groups -OCH3 is 1. The number of carbonyl (C=O) groups is 2. The fraction of sp³-hybridized carbons (Fsp3) is 0.167. The molecule has 1 rings (SSSR count).